The van der Waals surface area contributed by atoms with Gasteiger partial charge in [0, 0.05) is 17.5 Å². The summed E-state index contributed by atoms with van der Waals surface area (Å²) in [6.07, 6.45) is -0.0982. The highest BCUT2D eigenvalue weighted by atomic mass is 16.5. The number of fused-ring (bicyclic) bond motifs is 3. The lowest BCUT2D eigenvalue weighted by Crippen LogP contribution is -2.34. The van der Waals surface area contributed by atoms with Gasteiger partial charge in [-0.05, 0) is 34.9 Å². The minimum atomic E-state index is -1.13. The zero-order chi connectivity index (χ0) is 26.2. The first-order chi connectivity index (χ1) is 18.6. The van der Waals surface area contributed by atoms with Gasteiger partial charge in [-0.25, -0.2) is 9.80 Å². The zero-order valence-electron chi connectivity index (χ0n) is 21.0. The molecule has 0 radical (unpaired) electrons. The van der Waals surface area contributed by atoms with Gasteiger partial charge >= 0.3 is 5.97 Å². The van der Waals surface area contributed by atoms with E-state index in [4.69, 9.17) is 19.3 Å². The lowest BCUT2D eigenvalue weighted by molar-refractivity contribution is -0.0199. The van der Waals surface area contributed by atoms with Crippen LogP contribution in [-0.2, 0) is 0 Å². The number of hydrogen-bond acceptors (Lipinski definition) is 6. The predicted octanol–water partition coefficient (Wildman–Crippen LogP) is 6.31. The quantitative estimate of drug-likeness (QED) is 0.330. The predicted molar refractivity (Wildman–Crippen MR) is 144 cm³/mol. The highest BCUT2D eigenvalue weighted by molar-refractivity contribution is 6.02. The van der Waals surface area contributed by atoms with E-state index in [0.717, 1.165) is 28.0 Å². The van der Waals surface area contributed by atoms with Crippen LogP contribution in [0.25, 0.3) is 11.1 Å². The Hall–Kier alpha value is -4.78. The summed E-state index contributed by atoms with van der Waals surface area (Å²) in [6.45, 7) is 0. The van der Waals surface area contributed by atoms with Gasteiger partial charge in [-0.3, -0.25) is 0 Å². The lowest BCUT2D eigenvalue weighted by Gasteiger charge is -2.38. The zero-order valence-corrected chi connectivity index (χ0v) is 21.0. The number of benzene rings is 4. The molecule has 1 N–H and O–H groups in total. The minimum absolute atomic E-state index is 0.00848. The largest absolute Gasteiger partial charge is 0.493 e. The molecular weight excluding hydrogens is 480 g/mol. The Kier molecular flexibility index (Phi) is 5.96. The molecule has 2 atom stereocenters. The third kappa shape index (κ3) is 3.93. The van der Waals surface area contributed by atoms with Crippen molar-refractivity contribution in [2.75, 3.05) is 14.2 Å². The number of carboxylic acid groups (broad SMARTS) is 1. The SMILES string of the molecule is COc1ccc(C2Oc3ccccc3C3CC(c4ccc(-c5ccccc5)cc4)=NN32)c(C(=O)O)c1OC. The van der Waals surface area contributed by atoms with Crippen LogP contribution in [0.3, 0.4) is 0 Å². The second kappa shape index (κ2) is 9.59. The number of methoxy groups -OCH3 is 2. The average Bonchev–Trinajstić information content (AvgIpc) is 3.42. The summed E-state index contributed by atoms with van der Waals surface area (Å²) in [5.74, 6) is 0.0670. The Morgan fingerprint density at radius 2 is 1.53 bits per heavy atom. The van der Waals surface area contributed by atoms with E-state index in [0.29, 0.717) is 23.5 Å². The summed E-state index contributed by atoms with van der Waals surface area (Å²) in [4.78, 5) is 12.4. The number of ether oxygens (including phenoxy) is 3. The van der Waals surface area contributed by atoms with Gasteiger partial charge in [-0.15, -0.1) is 0 Å². The Bertz CT molecular complexity index is 1530. The van der Waals surface area contributed by atoms with Gasteiger partial charge in [0.05, 0.1) is 26.0 Å². The van der Waals surface area contributed by atoms with Crippen LogP contribution >= 0.6 is 0 Å². The number of aromatic carboxylic acids is 1. The normalized spacial score (nSPS) is 17.6. The van der Waals surface area contributed by atoms with Crippen LogP contribution in [0.4, 0.5) is 0 Å². The van der Waals surface area contributed by atoms with Crippen molar-refractivity contribution in [1.29, 1.82) is 0 Å². The van der Waals surface area contributed by atoms with Crippen LogP contribution in [0.15, 0.2) is 96.1 Å². The first kappa shape index (κ1) is 23.6. The maximum atomic E-state index is 12.4. The molecule has 0 aliphatic carbocycles. The molecule has 7 heteroatoms. The Balaban J connectivity index is 1.43. The van der Waals surface area contributed by atoms with Crippen LogP contribution in [0.1, 0.15) is 45.7 Å². The molecule has 6 rings (SSSR count). The van der Waals surface area contributed by atoms with E-state index in [9.17, 15) is 9.90 Å². The van der Waals surface area contributed by atoms with E-state index in [1.807, 2.05) is 47.5 Å². The molecule has 0 aromatic heterocycles. The molecule has 0 amide bonds. The molecule has 2 aliphatic rings. The molecule has 38 heavy (non-hydrogen) atoms. The van der Waals surface area contributed by atoms with Crippen LogP contribution < -0.4 is 14.2 Å². The van der Waals surface area contributed by atoms with Gasteiger partial charge in [0.2, 0.25) is 6.23 Å². The number of rotatable bonds is 6. The van der Waals surface area contributed by atoms with Crippen molar-refractivity contribution < 1.29 is 24.1 Å². The number of hydrogen-bond donors (Lipinski definition) is 1. The van der Waals surface area contributed by atoms with Gasteiger partial charge in [-0.2, -0.15) is 5.10 Å². The van der Waals surface area contributed by atoms with Gasteiger partial charge < -0.3 is 19.3 Å². The fourth-order valence-corrected chi connectivity index (χ4v) is 5.27. The van der Waals surface area contributed by atoms with Crippen molar-refractivity contribution >= 4 is 11.7 Å². The first-order valence-corrected chi connectivity index (χ1v) is 12.3. The number of carboxylic acids is 1. The second-order valence-electron chi connectivity index (χ2n) is 9.17. The van der Waals surface area contributed by atoms with Gasteiger partial charge in [0.25, 0.3) is 0 Å². The fraction of sp³-hybridized carbons (Fsp3) is 0.161. The van der Waals surface area contributed by atoms with Gasteiger partial charge in [-0.1, -0.05) is 72.8 Å². The molecule has 4 aromatic rings. The third-order valence-corrected chi connectivity index (χ3v) is 7.08. The fourth-order valence-electron chi connectivity index (χ4n) is 5.27. The molecule has 2 heterocycles. The van der Waals surface area contributed by atoms with Crippen LogP contribution in [0, 0.1) is 0 Å². The van der Waals surface area contributed by atoms with Crippen LogP contribution in [0.2, 0.25) is 0 Å². The van der Waals surface area contributed by atoms with E-state index >= 15 is 0 Å². The molecule has 190 valence electrons. The lowest BCUT2D eigenvalue weighted by atomic mass is 9.94. The Morgan fingerprint density at radius 1 is 0.842 bits per heavy atom. The average molecular weight is 507 g/mol. The van der Waals surface area contributed by atoms with Crippen molar-refractivity contribution in [2.24, 2.45) is 5.10 Å². The van der Waals surface area contributed by atoms with Crippen molar-refractivity contribution in [1.82, 2.24) is 5.01 Å². The van der Waals surface area contributed by atoms with E-state index in [1.165, 1.54) is 14.2 Å². The number of hydrazone groups is 1. The smallest absolute Gasteiger partial charge is 0.340 e. The van der Waals surface area contributed by atoms with Crippen LogP contribution in [-0.4, -0.2) is 36.0 Å². The first-order valence-electron chi connectivity index (χ1n) is 12.3. The molecular formula is C31H26N2O5. The highest BCUT2D eigenvalue weighted by Crippen LogP contribution is 2.49. The summed E-state index contributed by atoms with van der Waals surface area (Å²) in [6, 6.07) is 29.7. The molecule has 0 saturated heterocycles. The molecule has 0 bridgehead atoms. The molecule has 2 unspecified atom stereocenters. The van der Waals surface area contributed by atoms with Crippen LogP contribution in [0.5, 0.6) is 17.2 Å². The molecule has 2 aliphatic heterocycles. The van der Waals surface area contributed by atoms with Gasteiger partial charge in [0.15, 0.2) is 11.5 Å². The summed E-state index contributed by atoms with van der Waals surface area (Å²) >= 11 is 0. The highest BCUT2D eigenvalue weighted by Gasteiger charge is 2.43. The summed E-state index contributed by atoms with van der Waals surface area (Å²) < 4.78 is 17.2. The van der Waals surface area contributed by atoms with Crippen molar-refractivity contribution in [2.45, 2.75) is 18.7 Å². The Morgan fingerprint density at radius 3 is 2.24 bits per heavy atom. The summed E-state index contributed by atoms with van der Waals surface area (Å²) in [5.41, 5.74) is 5.67. The molecule has 7 nitrogen and oxygen atoms in total. The maximum absolute atomic E-state index is 12.4. The summed E-state index contributed by atoms with van der Waals surface area (Å²) in [7, 11) is 2.91. The summed E-state index contributed by atoms with van der Waals surface area (Å²) in [5, 5.41) is 17.0. The molecule has 4 aromatic carbocycles. The van der Waals surface area contributed by atoms with Crippen molar-refractivity contribution in [3.05, 3.63) is 113 Å². The van der Waals surface area contributed by atoms with E-state index in [1.54, 1.807) is 12.1 Å². The monoisotopic (exact) mass is 506 g/mol. The maximum Gasteiger partial charge on any atom is 0.340 e. The number of nitrogens with zero attached hydrogens (tertiary/aromatic N) is 2. The van der Waals surface area contributed by atoms with Gasteiger partial charge in [0.1, 0.15) is 11.3 Å². The molecule has 0 saturated carbocycles. The second-order valence-corrected chi connectivity index (χ2v) is 9.17. The topological polar surface area (TPSA) is 80.6 Å². The number of carbonyl (C=O) groups is 1. The van der Waals surface area contributed by atoms with Crippen molar-refractivity contribution in [3.63, 3.8) is 0 Å². The van der Waals surface area contributed by atoms with E-state index in [2.05, 4.69) is 36.4 Å². The van der Waals surface area contributed by atoms with E-state index in [-0.39, 0.29) is 17.4 Å². The minimum Gasteiger partial charge on any atom is -0.493 e. The number of para-hydroxylation sites is 1. The molecule has 0 spiro atoms. The molecule has 0 fully saturated rings. The Labute approximate surface area is 220 Å². The van der Waals surface area contributed by atoms with E-state index < -0.39 is 12.2 Å². The standard InChI is InChI=1S/C31H26N2O5/c1-36-27-17-16-23(28(31(34)35)29(27)37-2)30-33-25(22-10-6-7-11-26(22)38-30)18-24(32-33)21-14-12-20(13-15-21)19-8-4-3-5-9-19/h3-17,25,30H,18H2,1-2H3,(H,34,35). The third-order valence-electron chi connectivity index (χ3n) is 7.08. The van der Waals surface area contributed by atoms with Crippen molar-refractivity contribution in [3.8, 4) is 28.4 Å².